The lowest BCUT2D eigenvalue weighted by Crippen LogP contribution is -2.25. The number of ether oxygens (including phenoxy) is 1. The zero-order valence-electron chi connectivity index (χ0n) is 11.3. The van der Waals surface area contributed by atoms with Gasteiger partial charge in [0.1, 0.15) is 5.75 Å². The second kappa shape index (κ2) is 8.17. The molecule has 0 atom stereocenters. The van der Waals surface area contributed by atoms with Gasteiger partial charge in [0.25, 0.3) is 5.91 Å². The number of hydrogen-bond donors (Lipinski definition) is 2. The molecule has 0 aromatic heterocycles. The Bertz CT molecular complexity index is 421. The highest BCUT2D eigenvalue weighted by Crippen LogP contribution is 2.24. The summed E-state index contributed by atoms with van der Waals surface area (Å²) < 4.78 is 6.00. The van der Waals surface area contributed by atoms with E-state index in [1.807, 2.05) is 0 Å². The minimum atomic E-state index is -0.188. The first-order valence-electron chi connectivity index (χ1n) is 6.35. The van der Waals surface area contributed by atoms with E-state index < -0.39 is 0 Å². The molecule has 0 saturated carbocycles. The van der Waals surface area contributed by atoms with E-state index in [0.29, 0.717) is 29.1 Å². The maximum Gasteiger partial charge on any atom is 0.251 e. The van der Waals surface area contributed by atoms with Crippen LogP contribution >= 0.6 is 15.9 Å². The van der Waals surface area contributed by atoms with Gasteiger partial charge in [0.2, 0.25) is 0 Å². The SMILES string of the molecule is CC(C)COCCCNC(=O)c1ccc(Br)c(O)c1. The minimum Gasteiger partial charge on any atom is -0.507 e. The molecule has 1 rings (SSSR count). The highest BCUT2D eigenvalue weighted by molar-refractivity contribution is 9.10. The first-order chi connectivity index (χ1) is 9.00. The van der Waals surface area contributed by atoms with Crippen LogP contribution in [-0.2, 0) is 4.74 Å². The number of carbonyl (C=O) groups is 1. The Kier molecular flexibility index (Phi) is 6.87. The average Bonchev–Trinajstić information content (AvgIpc) is 2.36. The number of hydrogen-bond acceptors (Lipinski definition) is 3. The number of amides is 1. The second-order valence-corrected chi connectivity index (χ2v) is 5.60. The Balaban J connectivity index is 2.26. The van der Waals surface area contributed by atoms with Gasteiger partial charge < -0.3 is 15.2 Å². The summed E-state index contributed by atoms with van der Waals surface area (Å²) >= 11 is 3.17. The van der Waals surface area contributed by atoms with Gasteiger partial charge in [-0.1, -0.05) is 13.8 Å². The van der Waals surface area contributed by atoms with Crippen LogP contribution < -0.4 is 5.32 Å². The summed E-state index contributed by atoms with van der Waals surface area (Å²) in [6.45, 7) is 6.15. The lowest BCUT2D eigenvalue weighted by molar-refractivity contribution is 0.0924. The van der Waals surface area contributed by atoms with Gasteiger partial charge >= 0.3 is 0 Å². The van der Waals surface area contributed by atoms with Crippen molar-refractivity contribution in [2.45, 2.75) is 20.3 Å². The van der Waals surface area contributed by atoms with E-state index in [2.05, 4.69) is 35.1 Å². The van der Waals surface area contributed by atoms with Crippen LogP contribution in [0.5, 0.6) is 5.75 Å². The van der Waals surface area contributed by atoms with Gasteiger partial charge in [0, 0.05) is 25.3 Å². The van der Waals surface area contributed by atoms with E-state index in [1.54, 1.807) is 12.1 Å². The number of benzene rings is 1. The van der Waals surface area contributed by atoms with Crippen LogP contribution in [0.15, 0.2) is 22.7 Å². The molecule has 0 aliphatic carbocycles. The van der Waals surface area contributed by atoms with Gasteiger partial charge in [-0.25, -0.2) is 0 Å². The van der Waals surface area contributed by atoms with Crippen LogP contribution in [-0.4, -0.2) is 30.8 Å². The van der Waals surface area contributed by atoms with Crippen molar-refractivity contribution in [2.24, 2.45) is 5.92 Å². The molecule has 2 N–H and O–H groups in total. The van der Waals surface area contributed by atoms with Gasteiger partial charge in [-0.3, -0.25) is 4.79 Å². The first kappa shape index (κ1) is 16.0. The summed E-state index contributed by atoms with van der Waals surface area (Å²) in [5.41, 5.74) is 0.448. The molecule has 0 bridgehead atoms. The third kappa shape index (κ3) is 6.07. The van der Waals surface area contributed by atoms with Crippen LogP contribution in [0.4, 0.5) is 0 Å². The van der Waals surface area contributed by atoms with E-state index in [0.717, 1.165) is 13.0 Å². The Morgan fingerprint density at radius 2 is 2.21 bits per heavy atom. The fraction of sp³-hybridized carbons (Fsp3) is 0.500. The van der Waals surface area contributed by atoms with Crippen LogP contribution in [0.25, 0.3) is 0 Å². The summed E-state index contributed by atoms with van der Waals surface area (Å²) in [7, 11) is 0. The van der Waals surface area contributed by atoms with Crippen molar-refractivity contribution in [2.75, 3.05) is 19.8 Å². The molecule has 0 heterocycles. The zero-order chi connectivity index (χ0) is 14.3. The van der Waals surface area contributed by atoms with E-state index in [1.165, 1.54) is 6.07 Å². The smallest absolute Gasteiger partial charge is 0.251 e. The van der Waals surface area contributed by atoms with Gasteiger partial charge in [-0.05, 0) is 46.5 Å². The van der Waals surface area contributed by atoms with Crippen LogP contribution in [0.1, 0.15) is 30.6 Å². The Morgan fingerprint density at radius 3 is 2.84 bits per heavy atom. The van der Waals surface area contributed by atoms with Crippen LogP contribution in [0, 0.1) is 5.92 Å². The maximum atomic E-state index is 11.8. The Labute approximate surface area is 122 Å². The molecule has 0 aliphatic heterocycles. The first-order valence-corrected chi connectivity index (χ1v) is 7.14. The molecule has 0 unspecified atom stereocenters. The van der Waals surface area contributed by atoms with Gasteiger partial charge in [-0.2, -0.15) is 0 Å². The molecule has 1 aromatic carbocycles. The number of aromatic hydroxyl groups is 1. The fourth-order valence-corrected chi connectivity index (χ4v) is 1.70. The second-order valence-electron chi connectivity index (χ2n) is 4.74. The normalized spacial score (nSPS) is 10.7. The predicted octanol–water partition coefficient (Wildman–Crippen LogP) is 2.95. The van der Waals surface area contributed by atoms with Crippen molar-refractivity contribution in [3.8, 4) is 5.75 Å². The molecule has 0 radical (unpaired) electrons. The third-order valence-electron chi connectivity index (χ3n) is 2.41. The van der Waals surface area contributed by atoms with Crippen molar-refractivity contribution in [3.05, 3.63) is 28.2 Å². The summed E-state index contributed by atoms with van der Waals surface area (Å²) in [5, 5.41) is 12.3. The summed E-state index contributed by atoms with van der Waals surface area (Å²) in [6.07, 6.45) is 0.779. The molecule has 4 nitrogen and oxygen atoms in total. The number of carbonyl (C=O) groups excluding carboxylic acids is 1. The highest BCUT2D eigenvalue weighted by Gasteiger charge is 2.07. The number of rotatable bonds is 7. The molecule has 106 valence electrons. The van der Waals surface area contributed by atoms with E-state index in [9.17, 15) is 9.90 Å². The van der Waals surface area contributed by atoms with Gasteiger partial charge in [0.15, 0.2) is 0 Å². The Morgan fingerprint density at radius 1 is 1.47 bits per heavy atom. The van der Waals surface area contributed by atoms with Crippen molar-refractivity contribution in [3.63, 3.8) is 0 Å². The monoisotopic (exact) mass is 329 g/mol. The fourth-order valence-electron chi connectivity index (χ4n) is 1.45. The Hall–Kier alpha value is -1.07. The molecule has 0 saturated heterocycles. The topological polar surface area (TPSA) is 58.6 Å². The largest absolute Gasteiger partial charge is 0.507 e. The van der Waals surface area contributed by atoms with Crippen molar-refractivity contribution >= 4 is 21.8 Å². The van der Waals surface area contributed by atoms with Crippen molar-refractivity contribution in [1.82, 2.24) is 5.32 Å². The van der Waals surface area contributed by atoms with Crippen molar-refractivity contribution in [1.29, 1.82) is 0 Å². The molecule has 1 aromatic rings. The average molecular weight is 330 g/mol. The number of phenolic OH excluding ortho intramolecular Hbond substituents is 1. The zero-order valence-corrected chi connectivity index (χ0v) is 12.9. The third-order valence-corrected chi connectivity index (χ3v) is 3.08. The standard InChI is InChI=1S/C14H20BrNO3/c1-10(2)9-19-7-3-6-16-14(18)11-4-5-12(15)13(17)8-11/h4-5,8,10,17H,3,6-7,9H2,1-2H3,(H,16,18). The summed E-state index contributed by atoms with van der Waals surface area (Å²) in [4.78, 5) is 11.8. The molecule has 0 fully saturated rings. The number of nitrogens with one attached hydrogen (secondary N) is 1. The molecule has 1 amide bonds. The lowest BCUT2D eigenvalue weighted by atomic mass is 10.2. The van der Waals surface area contributed by atoms with E-state index in [-0.39, 0.29) is 11.7 Å². The lowest BCUT2D eigenvalue weighted by Gasteiger charge is -2.08. The minimum absolute atomic E-state index is 0.0629. The molecule has 0 spiro atoms. The van der Waals surface area contributed by atoms with E-state index >= 15 is 0 Å². The molecule has 0 aliphatic rings. The molecule has 19 heavy (non-hydrogen) atoms. The van der Waals surface area contributed by atoms with Crippen LogP contribution in [0.3, 0.4) is 0 Å². The number of halogens is 1. The maximum absolute atomic E-state index is 11.8. The quantitative estimate of drug-likeness (QED) is 0.756. The van der Waals surface area contributed by atoms with Gasteiger partial charge in [-0.15, -0.1) is 0 Å². The molecular formula is C14H20BrNO3. The summed E-state index contributed by atoms with van der Waals surface area (Å²) in [6, 6.07) is 4.75. The number of phenols is 1. The summed E-state index contributed by atoms with van der Waals surface area (Å²) in [5.74, 6) is 0.403. The van der Waals surface area contributed by atoms with Crippen LogP contribution in [0.2, 0.25) is 0 Å². The molecular weight excluding hydrogens is 310 g/mol. The van der Waals surface area contributed by atoms with E-state index in [4.69, 9.17) is 4.74 Å². The van der Waals surface area contributed by atoms with Gasteiger partial charge in [0.05, 0.1) is 4.47 Å². The predicted molar refractivity (Wildman–Crippen MR) is 78.4 cm³/mol. The molecule has 5 heteroatoms. The highest BCUT2D eigenvalue weighted by atomic mass is 79.9. The van der Waals surface area contributed by atoms with Crippen molar-refractivity contribution < 1.29 is 14.6 Å².